The zero-order valence-electron chi connectivity index (χ0n) is 23.8. The molecule has 1 rings (SSSR count). The molecule has 0 radical (unpaired) electrons. The molecule has 0 bridgehead atoms. The van der Waals surface area contributed by atoms with Crippen molar-refractivity contribution in [3.8, 4) is 5.75 Å². The lowest BCUT2D eigenvalue weighted by Crippen LogP contribution is -2.36. The van der Waals surface area contributed by atoms with Gasteiger partial charge in [0.2, 0.25) is 11.8 Å². The highest BCUT2D eigenvalue weighted by molar-refractivity contribution is 6.01. The van der Waals surface area contributed by atoms with Crippen LogP contribution in [0.3, 0.4) is 0 Å². The van der Waals surface area contributed by atoms with Crippen molar-refractivity contribution in [3.05, 3.63) is 29.8 Å². The lowest BCUT2D eigenvalue weighted by Gasteiger charge is -2.15. The van der Waals surface area contributed by atoms with Crippen LogP contribution in [0.5, 0.6) is 5.75 Å². The Labute approximate surface area is 239 Å². The molecule has 0 aliphatic carbocycles. The number of ether oxygens (including phenoxy) is 4. The van der Waals surface area contributed by atoms with E-state index < -0.39 is 48.0 Å². The fourth-order valence-electron chi connectivity index (χ4n) is 3.23. The first-order valence-electron chi connectivity index (χ1n) is 13.4. The SMILES string of the molecule is CCOC(=O)CCCCCOC(=O)CC(=O)NCCNC(=O)CC(=O)OCCOc1ccc(C(=O)C(C)(C)O)cc1. The minimum atomic E-state index is -1.48. The molecule has 1 aromatic rings. The number of amides is 2. The minimum Gasteiger partial charge on any atom is -0.490 e. The summed E-state index contributed by atoms with van der Waals surface area (Å²) in [6, 6.07) is 6.13. The Hall–Kier alpha value is -4.00. The fraction of sp³-hybridized carbons (Fsp3) is 0.571. The van der Waals surface area contributed by atoms with Crippen molar-refractivity contribution in [1.82, 2.24) is 10.6 Å². The molecule has 0 aromatic heterocycles. The van der Waals surface area contributed by atoms with Gasteiger partial charge >= 0.3 is 17.9 Å². The van der Waals surface area contributed by atoms with Gasteiger partial charge in [0, 0.05) is 25.1 Å². The second-order valence-corrected chi connectivity index (χ2v) is 9.37. The third kappa shape index (κ3) is 16.6. The smallest absolute Gasteiger partial charge is 0.315 e. The van der Waals surface area contributed by atoms with Gasteiger partial charge in [-0.1, -0.05) is 0 Å². The van der Waals surface area contributed by atoms with Gasteiger partial charge in [-0.3, -0.25) is 28.8 Å². The van der Waals surface area contributed by atoms with E-state index in [1.165, 1.54) is 26.0 Å². The van der Waals surface area contributed by atoms with Gasteiger partial charge in [-0.25, -0.2) is 0 Å². The molecule has 0 saturated carbocycles. The quantitative estimate of drug-likeness (QED) is 0.0663. The number of hydrogen-bond acceptors (Lipinski definition) is 11. The molecule has 1 aromatic carbocycles. The van der Waals surface area contributed by atoms with Crippen LogP contribution in [0.25, 0.3) is 0 Å². The average molecular weight is 581 g/mol. The first-order valence-corrected chi connectivity index (χ1v) is 13.4. The average Bonchev–Trinajstić information content (AvgIpc) is 2.90. The molecule has 0 fully saturated rings. The van der Waals surface area contributed by atoms with Crippen LogP contribution in [0.1, 0.15) is 69.7 Å². The van der Waals surface area contributed by atoms with Crippen molar-refractivity contribution in [2.45, 2.75) is 64.9 Å². The van der Waals surface area contributed by atoms with E-state index >= 15 is 0 Å². The summed E-state index contributed by atoms with van der Waals surface area (Å²) in [5.74, 6) is -2.85. The summed E-state index contributed by atoms with van der Waals surface area (Å²) in [5, 5.41) is 14.7. The molecule has 0 heterocycles. The van der Waals surface area contributed by atoms with Gasteiger partial charge < -0.3 is 34.7 Å². The predicted molar refractivity (Wildman–Crippen MR) is 145 cm³/mol. The normalized spacial score (nSPS) is 10.7. The van der Waals surface area contributed by atoms with Crippen molar-refractivity contribution in [3.63, 3.8) is 0 Å². The Bertz CT molecular complexity index is 1020. The Morgan fingerprint density at radius 2 is 1.29 bits per heavy atom. The molecule has 0 saturated heterocycles. The molecule has 0 spiro atoms. The fourth-order valence-corrected chi connectivity index (χ4v) is 3.23. The number of benzene rings is 1. The number of ketones is 1. The highest BCUT2D eigenvalue weighted by Crippen LogP contribution is 2.17. The molecular weight excluding hydrogens is 540 g/mol. The predicted octanol–water partition coefficient (Wildman–Crippen LogP) is 1.24. The number of aliphatic hydroxyl groups is 1. The number of Topliss-reactive ketones (excluding diaryl/α,β-unsaturated/α-hetero) is 1. The molecule has 0 aliphatic heterocycles. The van der Waals surface area contributed by atoms with E-state index in [1.54, 1.807) is 19.1 Å². The van der Waals surface area contributed by atoms with Crippen LogP contribution in [0.15, 0.2) is 24.3 Å². The van der Waals surface area contributed by atoms with Crippen LogP contribution in [0.2, 0.25) is 0 Å². The van der Waals surface area contributed by atoms with E-state index in [0.29, 0.717) is 43.6 Å². The number of hydrogen-bond donors (Lipinski definition) is 3. The van der Waals surface area contributed by atoms with Gasteiger partial charge in [0.1, 0.15) is 37.4 Å². The first kappa shape index (κ1) is 35.0. The number of unbranched alkanes of at least 4 members (excludes halogenated alkanes) is 2. The maximum absolute atomic E-state index is 12.0. The molecule has 2 amide bonds. The van der Waals surface area contributed by atoms with E-state index in [9.17, 15) is 33.9 Å². The standard InChI is InChI=1S/C28H40N2O11/c1-4-38-24(33)8-6-5-7-15-40-25(34)18-22(31)29-13-14-30-23(32)19-26(35)41-17-16-39-21-11-9-20(10-12-21)27(36)28(2,3)37/h9-12,37H,4-8,13-19H2,1-3H3,(H,29,31)(H,30,32). The Kier molecular flexibility index (Phi) is 16.4. The highest BCUT2D eigenvalue weighted by atomic mass is 16.6. The van der Waals surface area contributed by atoms with Gasteiger partial charge in [0.05, 0.1) is 13.2 Å². The topological polar surface area (TPSA) is 184 Å². The summed E-state index contributed by atoms with van der Waals surface area (Å²) in [4.78, 5) is 70.4. The molecule has 0 atom stereocenters. The largest absolute Gasteiger partial charge is 0.490 e. The van der Waals surface area contributed by atoms with Crippen molar-refractivity contribution < 1.29 is 52.8 Å². The number of carbonyl (C=O) groups excluding carboxylic acids is 6. The maximum Gasteiger partial charge on any atom is 0.315 e. The third-order valence-corrected chi connectivity index (χ3v) is 5.26. The monoisotopic (exact) mass is 580 g/mol. The van der Waals surface area contributed by atoms with Gasteiger partial charge in [0.15, 0.2) is 5.78 Å². The van der Waals surface area contributed by atoms with Crippen molar-refractivity contribution in [2.75, 3.05) is 39.5 Å². The second-order valence-electron chi connectivity index (χ2n) is 9.37. The third-order valence-electron chi connectivity index (χ3n) is 5.26. The van der Waals surface area contributed by atoms with E-state index in [-0.39, 0.29) is 38.9 Å². The molecule has 228 valence electrons. The molecule has 13 heteroatoms. The Morgan fingerprint density at radius 1 is 0.732 bits per heavy atom. The Morgan fingerprint density at radius 3 is 1.83 bits per heavy atom. The molecule has 3 N–H and O–H groups in total. The van der Waals surface area contributed by atoms with Crippen LogP contribution in [-0.4, -0.2) is 85.7 Å². The highest BCUT2D eigenvalue weighted by Gasteiger charge is 2.25. The number of esters is 3. The van der Waals surface area contributed by atoms with Crippen molar-refractivity contribution in [1.29, 1.82) is 0 Å². The summed E-state index contributed by atoms with van der Waals surface area (Å²) in [7, 11) is 0. The van der Waals surface area contributed by atoms with Crippen LogP contribution >= 0.6 is 0 Å². The van der Waals surface area contributed by atoms with Gasteiger partial charge in [-0.05, 0) is 64.3 Å². The van der Waals surface area contributed by atoms with Crippen LogP contribution < -0.4 is 15.4 Å². The summed E-state index contributed by atoms with van der Waals surface area (Å²) in [6.45, 7) is 5.04. The number of nitrogens with one attached hydrogen (secondary N) is 2. The van der Waals surface area contributed by atoms with Crippen molar-refractivity contribution >= 4 is 35.5 Å². The summed E-state index contributed by atoms with van der Waals surface area (Å²) >= 11 is 0. The number of carbonyl (C=O) groups is 6. The van der Waals surface area contributed by atoms with E-state index in [0.717, 1.165) is 0 Å². The molecular formula is C28H40N2O11. The van der Waals surface area contributed by atoms with Gasteiger partial charge in [-0.2, -0.15) is 0 Å². The molecule has 13 nitrogen and oxygen atoms in total. The van der Waals surface area contributed by atoms with Crippen molar-refractivity contribution in [2.24, 2.45) is 0 Å². The Balaban J connectivity index is 2.08. The lowest BCUT2D eigenvalue weighted by molar-refractivity contribution is -0.148. The van der Waals surface area contributed by atoms with E-state index in [4.69, 9.17) is 18.9 Å². The summed E-state index contributed by atoms with van der Waals surface area (Å²) < 4.78 is 20.2. The molecule has 0 unspecified atom stereocenters. The summed E-state index contributed by atoms with van der Waals surface area (Å²) in [6.07, 6.45) is 1.20. The van der Waals surface area contributed by atoms with Gasteiger partial charge in [-0.15, -0.1) is 0 Å². The zero-order valence-corrected chi connectivity index (χ0v) is 23.8. The van der Waals surface area contributed by atoms with Crippen LogP contribution in [0.4, 0.5) is 0 Å². The second kappa shape index (κ2) is 19.1. The van der Waals surface area contributed by atoms with Gasteiger partial charge in [0.25, 0.3) is 0 Å². The zero-order chi connectivity index (χ0) is 30.7. The van der Waals surface area contributed by atoms with E-state index in [2.05, 4.69) is 10.6 Å². The van der Waals surface area contributed by atoms with E-state index in [1.807, 2.05) is 0 Å². The van der Waals surface area contributed by atoms with Crippen LogP contribution in [-0.2, 0) is 38.2 Å². The molecule has 0 aliphatic rings. The molecule has 41 heavy (non-hydrogen) atoms. The first-order chi connectivity index (χ1) is 19.4. The summed E-state index contributed by atoms with van der Waals surface area (Å²) in [5.41, 5.74) is -1.15. The van der Waals surface area contributed by atoms with Crippen LogP contribution in [0, 0.1) is 0 Å². The number of rotatable bonds is 20. The lowest BCUT2D eigenvalue weighted by atomic mass is 9.97. The minimum absolute atomic E-state index is 0.0239. The maximum atomic E-state index is 12.0.